The standard InChI is InChI=1S/C17H20ClNS/c1-12(19-11-16-8-9-17(18)20-16)14-7-6-13-4-2-3-5-15(13)10-14/h6-10,12,19H,2-5,11H2,1H3. The summed E-state index contributed by atoms with van der Waals surface area (Å²) < 4.78 is 0.864. The summed E-state index contributed by atoms with van der Waals surface area (Å²) in [6, 6.07) is 11.4. The van der Waals surface area contributed by atoms with E-state index in [-0.39, 0.29) is 0 Å². The molecule has 20 heavy (non-hydrogen) atoms. The Labute approximate surface area is 130 Å². The van der Waals surface area contributed by atoms with E-state index < -0.39 is 0 Å². The second kappa shape index (κ2) is 6.30. The number of thiophene rings is 1. The van der Waals surface area contributed by atoms with Gasteiger partial charge in [-0.15, -0.1) is 11.3 Å². The highest BCUT2D eigenvalue weighted by atomic mass is 35.5. The molecule has 0 fully saturated rings. The Morgan fingerprint density at radius 2 is 1.95 bits per heavy atom. The van der Waals surface area contributed by atoms with Crippen molar-refractivity contribution >= 4 is 22.9 Å². The number of hydrogen-bond acceptors (Lipinski definition) is 2. The minimum Gasteiger partial charge on any atom is -0.305 e. The van der Waals surface area contributed by atoms with E-state index in [1.165, 1.54) is 36.1 Å². The van der Waals surface area contributed by atoms with Gasteiger partial charge in [-0.05, 0) is 61.4 Å². The van der Waals surface area contributed by atoms with Gasteiger partial charge in [0.05, 0.1) is 4.34 Å². The monoisotopic (exact) mass is 305 g/mol. The molecule has 1 heterocycles. The number of benzene rings is 1. The van der Waals surface area contributed by atoms with Gasteiger partial charge in [0.25, 0.3) is 0 Å². The van der Waals surface area contributed by atoms with Crippen LogP contribution in [0.2, 0.25) is 4.34 Å². The summed E-state index contributed by atoms with van der Waals surface area (Å²) in [6.45, 7) is 3.12. The smallest absolute Gasteiger partial charge is 0.0931 e. The van der Waals surface area contributed by atoms with Crippen molar-refractivity contribution in [3.05, 3.63) is 56.2 Å². The normalized spacial score (nSPS) is 15.9. The highest BCUT2D eigenvalue weighted by Gasteiger charge is 2.12. The van der Waals surface area contributed by atoms with Crippen LogP contribution in [0.25, 0.3) is 0 Å². The van der Waals surface area contributed by atoms with Gasteiger partial charge >= 0.3 is 0 Å². The molecule has 1 N–H and O–H groups in total. The topological polar surface area (TPSA) is 12.0 Å². The molecular formula is C17H20ClNS. The molecule has 0 bridgehead atoms. The molecule has 0 saturated carbocycles. The zero-order chi connectivity index (χ0) is 13.9. The Bertz CT molecular complexity index is 590. The number of aryl methyl sites for hydroxylation is 2. The summed E-state index contributed by atoms with van der Waals surface area (Å²) in [5, 5.41) is 3.59. The zero-order valence-corrected chi connectivity index (χ0v) is 13.4. The molecule has 2 aromatic rings. The van der Waals surface area contributed by atoms with Gasteiger partial charge in [-0.25, -0.2) is 0 Å². The van der Waals surface area contributed by atoms with Gasteiger partial charge in [0.2, 0.25) is 0 Å². The van der Waals surface area contributed by atoms with E-state index >= 15 is 0 Å². The van der Waals surface area contributed by atoms with Crippen LogP contribution in [0.4, 0.5) is 0 Å². The fourth-order valence-corrected chi connectivity index (χ4v) is 3.88. The van der Waals surface area contributed by atoms with Crippen LogP contribution in [0.1, 0.15) is 47.4 Å². The molecule has 1 atom stereocenters. The highest BCUT2D eigenvalue weighted by Crippen LogP contribution is 2.26. The molecule has 1 aromatic carbocycles. The Hall–Kier alpha value is -0.830. The van der Waals surface area contributed by atoms with Crippen molar-refractivity contribution in [3.8, 4) is 0 Å². The molecule has 0 radical (unpaired) electrons. The predicted octanol–water partition coefficient (Wildman–Crippen LogP) is 5.13. The van der Waals surface area contributed by atoms with Gasteiger partial charge in [0.1, 0.15) is 0 Å². The van der Waals surface area contributed by atoms with Gasteiger partial charge in [-0.2, -0.15) is 0 Å². The van der Waals surface area contributed by atoms with E-state index in [9.17, 15) is 0 Å². The summed E-state index contributed by atoms with van der Waals surface area (Å²) in [5.74, 6) is 0. The van der Waals surface area contributed by atoms with Gasteiger partial charge in [0.15, 0.2) is 0 Å². The molecule has 1 aliphatic carbocycles. The maximum Gasteiger partial charge on any atom is 0.0931 e. The first kappa shape index (κ1) is 14.1. The van der Waals surface area contributed by atoms with Gasteiger partial charge in [-0.3, -0.25) is 0 Å². The molecule has 1 unspecified atom stereocenters. The summed E-state index contributed by atoms with van der Waals surface area (Å²) in [6.07, 6.45) is 5.19. The Morgan fingerprint density at radius 1 is 1.15 bits per heavy atom. The second-order valence-electron chi connectivity index (χ2n) is 5.54. The minimum absolute atomic E-state index is 0.378. The fraction of sp³-hybridized carbons (Fsp3) is 0.412. The van der Waals surface area contributed by atoms with E-state index in [0.29, 0.717) is 6.04 Å². The van der Waals surface area contributed by atoms with Crippen molar-refractivity contribution in [2.75, 3.05) is 0 Å². The van der Waals surface area contributed by atoms with Crippen LogP contribution in [0.15, 0.2) is 30.3 Å². The van der Waals surface area contributed by atoms with E-state index in [2.05, 4.69) is 36.5 Å². The third kappa shape index (κ3) is 3.25. The van der Waals surface area contributed by atoms with Gasteiger partial charge in [-0.1, -0.05) is 29.8 Å². The minimum atomic E-state index is 0.378. The van der Waals surface area contributed by atoms with E-state index in [1.807, 2.05) is 6.07 Å². The van der Waals surface area contributed by atoms with Crippen LogP contribution >= 0.6 is 22.9 Å². The number of rotatable bonds is 4. The molecule has 1 aromatic heterocycles. The van der Waals surface area contributed by atoms with Crippen LogP contribution in [-0.4, -0.2) is 0 Å². The van der Waals surface area contributed by atoms with E-state index in [0.717, 1.165) is 10.9 Å². The van der Waals surface area contributed by atoms with Crippen molar-refractivity contribution < 1.29 is 0 Å². The molecule has 106 valence electrons. The summed E-state index contributed by atoms with van der Waals surface area (Å²) in [5.41, 5.74) is 4.51. The van der Waals surface area contributed by atoms with Crippen LogP contribution in [-0.2, 0) is 19.4 Å². The number of nitrogens with one attached hydrogen (secondary N) is 1. The van der Waals surface area contributed by atoms with Crippen molar-refractivity contribution in [1.29, 1.82) is 0 Å². The number of halogens is 1. The molecule has 1 aliphatic rings. The Balaban J connectivity index is 1.66. The second-order valence-corrected chi connectivity index (χ2v) is 7.34. The first-order chi connectivity index (χ1) is 9.72. The third-order valence-corrected chi connectivity index (χ3v) is 5.32. The van der Waals surface area contributed by atoms with E-state index in [4.69, 9.17) is 11.6 Å². The van der Waals surface area contributed by atoms with Crippen molar-refractivity contribution in [3.63, 3.8) is 0 Å². The molecular weight excluding hydrogens is 286 g/mol. The zero-order valence-electron chi connectivity index (χ0n) is 11.8. The molecule has 0 saturated heterocycles. The largest absolute Gasteiger partial charge is 0.305 e. The third-order valence-electron chi connectivity index (χ3n) is 4.08. The number of hydrogen-bond donors (Lipinski definition) is 1. The van der Waals surface area contributed by atoms with Crippen molar-refractivity contribution in [1.82, 2.24) is 5.32 Å². The Morgan fingerprint density at radius 3 is 2.70 bits per heavy atom. The lowest BCUT2D eigenvalue weighted by Crippen LogP contribution is -2.18. The summed E-state index contributed by atoms with van der Waals surface area (Å²) in [7, 11) is 0. The van der Waals surface area contributed by atoms with Crippen LogP contribution in [0.5, 0.6) is 0 Å². The average Bonchev–Trinajstić information content (AvgIpc) is 2.90. The molecule has 3 heteroatoms. The lowest BCUT2D eigenvalue weighted by atomic mass is 9.89. The highest BCUT2D eigenvalue weighted by molar-refractivity contribution is 7.16. The Kier molecular flexibility index (Phi) is 4.45. The lowest BCUT2D eigenvalue weighted by Gasteiger charge is -2.20. The van der Waals surface area contributed by atoms with Gasteiger partial charge < -0.3 is 5.32 Å². The molecule has 0 spiro atoms. The molecule has 0 amide bonds. The van der Waals surface area contributed by atoms with Crippen LogP contribution in [0, 0.1) is 0 Å². The molecule has 1 nitrogen and oxygen atoms in total. The van der Waals surface area contributed by atoms with Crippen LogP contribution in [0.3, 0.4) is 0 Å². The molecule has 0 aliphatic heterocycles. The van der Waals surface area contributed by atoms with E-state index in [1.54, 1.807) is 22.5 Å². The van der Waals surface area contributed by atoms with Gasteiger partial charge in [0, 0.05) is 17.5 Å². The molecule has 3 rings (SSSR count). The lowest BCUT2D eigenvalue weighted by molar-refractivity contribution is 0.576. The number of fused-ring (bicyclic) bond motifs is 1. The maximum atomic E-state index is 5.96. The summed E-state index contributed by atoms with van der Waals surface area (Å²) in [4.78, 5) is 1.29. The van der Waals surface area contributed by atoms with Crippen molar-refractivity contribution in [2.45, 2.75) is 45.2 Å². The summed E-state index contributed by atoms with van der Waals surface area (Å²) >= 11 is 7.61. The van der Waals surface area contributed by atoms with Crippen LogP contribution < -0.4 is 5.32 Å². The SMILES string of the molecule is CC(NCc1ccc(Cl)s1)c1ccc2c(c1)CCCC2. The first-order valence-electron chi connectivity index (χ1n) is 7.31. The predicted molar refractivity (Wildman–Crippen MR) is 87.7 cm³/mol. The van der Waals surface area contributed by atoms with Crippen molar-refractivity contribution in [2.24, 2.45) is 0 Å². The first-order valence-corrected chi connectivity index (χ1v) is 8.51. The fourth-order valence-electron chi connectivity index (χ4n) is 2.84. The maximum absolute atomic E-state index is 5.96. The average molecular weight is 306 g/mol. The quantitative estimate of drug-likeness (QED) is 0.825.